The summed E-state index contributed by atoms with van der Waals surface area (Å²) >= 11 is 6.14. The van der Waals surface area contributed by atoms with Crippen molar-refractivity contribution in [3.05, 3.63) is 70.5 Å². The predicted octanol–water partition coefficient (Wildman–Crippen LogP) is 4.28. The molecular weight excluding hydrogens is 350 g/mol. The molecule has 0 bridgehead atoms. The monoisotopic (exact) mass is 367 g/mol. The number of carbonyl (C=O) groups excluding carboxylic acids is 1. The highest BCUT2D eigenvalue weighted by molar-refractivity contribution is 6.32. The number of rotatable bonds is 4. The molecule has 5 nitrogen and oxygen atoms in total. The fraction of sp³-hybridized carbons (Fsp3) is 0.200. The van der Waals surface area contributed by atoms with E-state index in [0.29, 0.717) is 22.2 Å². The average molecular weight is 368 g/mol. The van der Waals surface area contributed by atoms with Crippen molar-refractivity contribution in [2.45, 2.75) is 19.3 Å². The minimum Gasteiger partial charge on any atom is -0.495 e. The molecule has 1 aliphatic carbocycles. The Morgan fingerprint density at radius 3 is 2.73 bits per heavy atom. The van der Waals surface area contributed by atoms with E-state index < -0.39 is 0 Å². The molecule has 1 aliphatic rings. The van der Waals surface area contributed by atoms with Gasteiger partial charge in [-0.3, -0.25) is 4.79 Å². The van der Waals surface area contributed by atoms with Gasteiger partial charge in [-0.05, 0) is 49.6 Å². The average Bonchev–Trinajstić information content (AvgIpc) is 3.25. The van der Waals surface area contributed by atoms with Crippen LogP contribution in [0.4, 0.5) is 5.69 Å². The summed E-state index contributed by atoms with van der Waals surface area (Å²) in [7, 11) is 1.55. The van der Waals surface area contributed by atoms with Gasteiger partial charge in [0, 0.05) is 16.9 Å². The summed E-state index contributed by atoms with van der Waals surface area (Å²) in [6.07, 6.45) is 2.84. The minimum atomic E-state index is -0.223. The van der Waals surface area contributed by atoms with Gasteiger partial charge in [0.15, 0.2) is 5.69 Å². The number of anilines is 1. The van der Waals surface area contributed by atoms with Crippen molar-refractivity contribution >= 4 is 23.2 Å². The first-order chi connectivity index (χ1) is 12.7. The number of carbonyl (C=O) groups is 1. The number of fused-ring (bicyclic) bond motifs is 1. The fourth-order valence-electron chi connectivity index (χ4n) is 3.34. The number of methoxy groups -OCH3 is 1. The molecule has 0 saturated heterocycles. The van der Waals surface area contributed by atoms with Gasteiger partial charge in [-0.25, -0.2) is 4.68 Å². The first-order valence-electron chi connectivity index (χ1n) is 8.48. The molecule has 3 aromatic rings. The molecule has 1 amide bonds. The van der Waals surface area contributed by atoms with Crippen LogP contribution in [0.25, 0.3) is 5.69 Å². The highest BCUT2D eigenvalue weighted by Gasteiger charge is 2.27. The van der Waals surface area contributed by atoms with Gasteiger partial charge in [-0.2, -0.15) is 5.10 Å². The van der Waals surface area contributed by atoms with Gasteiger partial charge in [-0.15, -0.1) is 0 Å². The first-order valence-corrected chi connectivity index (χ1v) is 8.86. The van der Waals surface area contributed by atoms with E-state index in [-0.39, 0.29) is 5.91 Å². The smallest absolute Gasteiger partial charge is 0.276 e. The van der Waals surface area contributed by atoms with Crippen molar-refractivity contribution < 1.29 is 9.53 Å². The summed E-state index contributed by atoms with van der Waals surface area (Å²) < 4.78 is 7.03. The van der Waals surface area contributed by atoms with Crippen LogP contribution in [-0.4, -0.2) is 22.8 Å². The zero-order valence-electron chi connectivity index (χ0n) is 14.3. The predicted molar refractivity (Wildman–Crippen MR) is 102 cm³/mol. The Hall–Kier alpha value is -2.79. The van der Waals surface area contributed by atoms with E-state index in [1.54, 1.807) is 25.3 Å². The Balaban J connectivity index is 1.66. The Bertz CT molecular complexity index is 967. The van der Waals surface area contributed by atoms with E-state index in [0.717, 1.165) is 36.2 Å². The van der Waals surface area contributed by atoms with Crippen LogP contribution in [0, 0.1) is 0 Å². The molecule has 1 heterocycles. The lowest BCUT2D eigenvalue weighted by Crippen LogP contribution is -2.15. The lowest BCUT2D eigenvalue weighted by molar-refractivity contribution is 0.102. The van der Waals surface area contributed by atoms with E-state index in [1.807, 2.05) is 35.0 Å². The molecule has 0 unspecified atom stereocenters. The molecule has 1 aromatic heterocycles. The number of nitrogens with one attached hydrogen (secondary N) is 1. The summed E-state index contributed by atoms with van der Waals surface area (Å²) in [5, 5.41) is 7.94. The van der Waals surface area contributed by atoms with Crippen LogP contribution in [0.5, 0.6) is 5.75 Å². The van der Waals surface area contributed by atoms with E-state index in [4.69, 9.17) is 16.3 Å². The van der Waals surface area contributed by atoms with Crippen LogP contribution >= 0.6 is 11.6 Å². The van der Waals surface area contributed by atoms with Crippen LogP contribution < -0.4 is 10.1 Å². The lowest BCUT2D eigenvalue weighted by atomic mass is 10.2. The van der Waals surface area contributed by atoms with E-state index in [2.05, 4.69) is 10.4 Å². The summed E-state index contributed by atoms with van der Waals surface area (Å²) in [6.45, 7) is 0. The SMILES string of the molecule is COc1ccc(NC(=O)c2nn(-c3ccccc3)c3c2CCC3)cc1Cl. The molecule has 132 valence electrons. The molecular formula is C20H18ClN3O2. The second-order valence-corrected chi connectivity index (χ2v) is 6.59. The molecule has 0 fully saturated rings. The number of amides is 1. The quantitative estimate of drug-likeness (QED) is 0.749. The van der Waals surface area contributed by atoms with Crippen molar-refractivity contribution in [2.24, 2.45) is 0 Å². The summed E-state index contributed by atoms with van der Waals surface area (Å²) in [5.41, 5.74) is 4.22. The largest absolute Gasteiger partial charge is 0.495 e. The second-order valence-electron chi connectivity index (χ2n) is 6.18. The first kappa shape index (κ1) is 16.7. The van der Waals surface area contributed by atoms with E-state index >= 15 is 0 Å². The third-order valence-electron chi connectivity index (χ3n) is 4.56. The van der Waals surface area contributed by atoms with Crippen LogP contribution in [0.1, 0.15) is 28.2 Å². The third kappa shape index (κ3) is 2.95. The van der Waals surface area contributed by atoms with E-state index in [1.165, 1.54) is 0 Å². The van der Waals surface area contributed by atoms with Crippen LogP contribution in [0.2, 0.25) is 5.02 Å². The second kappa shape index (κ2) is 6.84. The lowest BCUT2D eigenvalue weighted by Gasteiger charge is -2.07. The van der Waals surface area contributed by atoms with Gasteiger partial charge in [0.05, 0.1) is 17.8 Å². The summed E-state index contributed by atoms with van der Waals surface area (Å²) in [4.78, 5) is 12.8. The summed E-state index contributed by atoms with van der Waals surface area (Å²) in [6, 6.07) is 15.1. The molecule has 0 saturated carbocycles. The van der Waals surface area contributed by atoms with Crippen molar-refractivity contribution in [3.8, 4) is 11.4 Å². The molecule has 0 aliphatic heterocycles. The number of benzene rings is 2. The fourth-order valence-corrected chi connectivity index (χ4v) is 3.59. The standard InChI is InChI=1S/C20H18ClN3O2/c1-26-18-11-10-13(12-16(18)21)22-20(25)19-15-8-5-9-17(15)24(23-19)14-6-3-2-4-7-14/h2-4,6-7,10-12H,5,8-9H2,1H3,(H,22,25). The van der Waals surface area contributed by atoms with Gasteiger partial charge in [0.1, 0.15) is 5.75 Å². The Morgan fingerprint density at radius 2 is 2.00 bits per heavy atom. The highest BCUT2D eigenvalue weighted by Crippen LogP contribution is 2.30. The van der Waals surface area contributed by atoms with E-state index in [9.17, 15) is 4.79 Å². The van der Waals surface area contributed by atoms with Crippen molar-refractivity contribution in [1.82, 2.24) is 9.78 Å². The molecule has 4 rings (SSSR count). The van der Waals surface area contributed by atoms with Crippen molar-refractivity contribution in [1.29, 1.82) is 0 Å². The number of para-hydroxylation sites is 1. The van der Waals surface area contributed by atoms with Crippen LogP contribution in [0.3, 0.4) is 0 Å². The van der Waals surface area contributed by atoms with Crippen molar-refractivity contribution in [3.63, 3.8) is 0 Å². The number of hydrogen-bond donors (Lipinski definition) is 1. The molecule has 0 radical (unpaired) electrons. The Morgan fingerprint density at radius 1 is 1.19 bits per heavy atom. The van der Waals surface area contributed by atoms with Gasteiger partial charge < -0.3 is 10.1 Å². The minimum absolute atomic E-state index is 0.223. The normalized spacial score (nSPS) is 12.7. The highest BCUT2D eigenvalue weighted by atomic mass is 35.5. The maximum absolute atomic E-state index is 12.8. The maximum Gasteiger partial charge on any atom is 0.276 e. The van der Waals surface area contributed by atoms with Crippen LogP contribution in [0.15, 0.2) is 48.5 Å². The molecule has 6 heteroatoms. The molecule has 2 aromatic carbocycles. The number of ether oxygens (including phenoxy) is 1. The summed E-state index contributed by atoms with van der Waals surface area (Å²) in [5.74, 6) is 0.345. The number of nitrogens with zero attached hydrogens (tertiary/aromatic N) is 2. The van der Waals surface area contributed by atoms with Gasteiger partial charge in [0.2, 0.25) is 0 Å². The molecule has 26 heavy (non-hydrogen) atoms. The van der Waals surface area contributed by atoms with Gasteiger partial charge in [0.25, 0.3) is 5.91 Å². The van der Waals surface area contributed by atoms with Crippen LogP contribution in [-0.2, 0) is 12.8 Å². The maximum atomic E-state index is 12.8. The number of halogens is 1. The Kier molecular flexibility index (Phi) is 4.39. The zero-order valence-corrected chi connectivity index (χ0v) is 15.1. The molecule has 0 atom stereocenters. The van der Waals surface area contributed by atoms with Crippen molar-refractivity contribution in [2.75, 3.05) is 12.4 Å². The van der Waals surface area contributed by atoms with Gasteiger partial charge in [-0.1, -0.05) is 29.8 Å². The Labute approximate surface area is 156 Å². The number of aromatic nitrogens is 2. The van der Waals surface area contributed by atoms with Gasteiger partial charge >= 0.3 is 0 Å². The third-order valence-corrected chi connectivity index (χ3v) is 4.85. The molecule has 1 N–H and O–H groups in total. The molecule has 0 spiro atoms. The zero-order chi connectivity index (χ0) is 18.1. The topological polar surface area (TPSA) is 56.1 Å². The number of hydrogen-bond acceptors (Lipinski definition) is 3.